The average molecular weight is 449 g/mol. The molecule has 0 aliphatic heterocycles. The summed E-state index contributed by atoms with van der Waals surface area (Å²) >= 11 is 0. The molecule has 1 saturated carbocycles. The molecule has 1 aliphatic carbocycles. The van der Waals surface area contributed by atoms with Gasteiger partial charge in [-0.25, -0.2) is 9.59 Å². The predicted octanol–water partition coefficient (Wildman–Crippen LogP) is 2.62. The second kappa shape index (κ2) is 11.0. The van der Waals surface area contributed by atoms with Gasteiger partial charge in [-0.3, -0.25) is 14.9 Å². The summed E-state index contributed by atoms with van der Waals surface area (Å²) in [5.74, 6) is -3.32. The van der Waals surface area contributed by atoms with Gasteiger partial charge >= 0.3 is 18.0 Å². The maximum Gasteiger partial charge on any atom is 0.408 e. The van der Waals surface area contributed by atoms with Crippen LogP contribution in [0, 0.1) is 17.8 Å². The van der Waals surface area contributed by atoms with E-state index in [2.05, 4.69) is 6.92 Å². The van der Waals surface area contributed by atoms with Crippen LogP contribution in [0.25, 0.3) is 0 Å². The first-order valence-corrected chi connectivity index (χ1v) is 10.8. The Bertz CT molecular complexity index is 811. The lowest BCUT2D eigenvalue weighted by Gasteiger charge is -2.37. The number of hydrogen-bond acceptors (Lipinski definition) is 6. The second-order valence-electron chi connectivity index (χ2n) is 8.79. The Morgan fingerprint density at radius 3 is 2.41 bits per heavy atom. The van der Waals surface area contributed by atoms with Crippen molar-refractivity contribution in [1.29, 1.82) is 0 Å². The molecular weight excluding hydrogens is 416 g/mol. The molecule has 1 aromatic rings. The van der Waals surface area contributed by atoms with Gasteiger partial charge in [-0.15, -0.1) is 0 Å². The molecule has 0 aromatic heterocycles. The van der Waals surface area contributed by atoms with Crippen LogP contribution in [-0.2, 0) is 30.5 Å². The SMILES string of the molecule is CC1CCC(C(C)C)C(OC(=O)C[C@@](NC(=O)OCc2ccccc2)(C(N)=O)C(=O)O)C1. The topological polar surface area (TPSA) is 145 Å². The number of aliphatic carboxylic acids is 1. The van der Waals surface area contributed by atoms with Crippen molar-refractivity contribution in [2.75, 3.05) is 0 Å². The molecule has 9 nitrogen and oxygen atoms in total. The fourth-order valence-corrected chi connectivity index (χ4v) is 4.04. The number of amides is 2. The lowest BCUT2D eigenvalue weighted by Crippen LogP contribution is -2.64. The highest BCUT2D eigenvalue weighted by molar-refractivity contribution is 6.10. The Morgan fingerprint density at radius 2 is 1.84 bits per heavy atom. The van der Waals surface area contributed by atoms with Gasteiger partial charge in [-0.1, -0.05) is 57.5 Å². The summed E-state index contributed by atoms with van der Waals surface area (Å²) in [4.78, 5) is 49.0. The quantitative estimate of drug-likeness (QED) is 0.389. The minimum absolute atomic E-state index is 0.131. The fourth-order valence-electron chi connectivity index (χ4n) is 4.04. The summed E-state index contributed by atoms with van der Waals surface area (Å²) in [6, 6.07) is 8.69. The number of alkyl carbamates (subject to hydrolysis) is 1. The number of benzene rings is 1. The van der Waals surface area contributed by atoms with Crippen LogP contribution in [0.1, 0.15) is 52.0 Å². The van der Waals surface area contributed by atoms with Gasteiger partial charge in [0.05, 0.1) is 6.42 Å². The molecule has 1 fully saturated rings. The number of rotatable bonds is 9. The summed E-state index contributed by atoms with van der Waals surface area (Å²) in [6.45, 7) is 5.99. The number of esters is 1. The number of carbonyl (C=O) groups excluding carboxylic acids is 3. The average Bonchev–Trinajstić information content (AvgIpc) is 2.72. The minimum atomic E-state index is -2.68. The lowest BCUT2D eigenvalue weighted by molar-refractivity contribution is -0.164. The van der Waals surface area contributed by atoms with Crippen LogP contribution in [0.4, 0.5) is 4.79 Å². The molecule has 0 heterocycles. The molecule has 2 amide bonds. The Morgan fingerprint density at radius 1 is 1.19 bits per heavy atom. The third-order valence-corrected chi connectivity index (χ3v) is 5.97. The summed E-state index contributed by atoms with van der Waals surface area (Å²) in [7, 11) is 0. The highest BCUT2D eigenvalue weighted by atomic mass is 16.6. The predicted molar refractivity (Wildman–Crippen MR) is 115 cm³/mol. The molecule has 1 aliphatic rings. The van der Waals surface area contributed by atoms with Crippen molar-refractivity contribution < 1.29 is 33.8 Å². The number of nitrogens with one attached hydrogen (secondary N) is 1. The molecule has 4 atom stereocenters. The van der Waals surface area contributed by atoms with E-state index in [-0.39, 0.29) is 18.4 Å². The number of hydrogen-bond donors (Lipinski definition) is 3. The number of nitrogens with two attached hydrogens (primary N) is 1. The van der Waals surface area contributed by atoms with E-state index in [9.17, 15) is 24.3 Å². The zero-order chi connectivity index (χ0) is 23.9. The Labute approximate surface area is 187 Å². The molecule has 32 heavy (non-hydrogen) atoms. The first-order chi connectivity index (χ1) is 15.0. The van der Waals surface area contributed by atoms with Crippen LogP contribution in [0.2, 0.25) is 0 Å². The van der Waals surface area contributed by atoms with Crippen LogP contribution in [0.5, 0.6) is 0 Å². The fraction of sp³-hybridized carbons (Fsp3) is 0.565. The molecule has 0 saturated heterocycles. The van der Waals surface area contributed by atoms with Gasteiger partial charge in [0.25, 0.3) is 5.91 Å². The number of carboxylic acids is 1. The van der Waals surface area contributed by atoms with Gasteiger partial charge in [-0.2, -0.15) is 0 Å². The van der Waals surface area contributed by atoms with Crippen LogP contribution < -0.4 is 11.1 Å². The van der Waals surface area contributed by atoms with E-state index in [0.717, 1.165) is 12.8 Å². The minimum Gasteiger partial charge on any atom is -0.479 e. The summed E-state index contributed by atoms with van der Waals surface area (Å²) in [6.07, 6.45) is 0.0445. The molecule has 176 valence electrons. The third kappa shape index (κ3) is 6.45. The van der Waals surface area contributed by atoms with Crippen LogP contribution in [-0.4, -0.2) is 40.7 Å². The number of ether oxygens (including phenoxy) is 2. The first kappa shape index (κ1) is 25.2. The third-order valence-electron chi connectivity index (χ3n) is 5.97. The van der Waals surface area contributed by atoms with Gasteiger partial charge in [0.15, 0.2) is 0 Å². The summed E-state index contributed by atoms with van der Waals surface area (Å²) in [5, 5.41) is 11.7. The van der Waals surface area contributed by atoms with Crippen molar-refractivity contribution in [1.82, 2.24) is 5.32 Å². The van der Waals surface area contributed by atoms with E-state index in [1.165, 1.54) is 0 Å². The van der Waals surface area contributed by atoms with Crippen LogP contribution in [0.15, 0.2) is 30.3 Å². The van der Waals surface area contributed by atoms with Crippen LogP contribution >= 0.6 is 0 Å². The van der Waals surface area contributed by atoms with E-state index >= 15 is 0 Å². The maximum absolute atomic E-state index is 12.7. The Balaban J connectivity index is 2.10. The molecule has 9 heteroatoms. The van der Waals surface area contributed by atoms with E-state index in [1.54, 1.807) is 30.3 Å². The van der Waals surface area contributed by atoms with E-state index in [0.29, 0.717) is 17.9 Å². The molecule has 3 unspecified atom stereocenters. The second-order valence-corrected chi connectivity index (χ2v) is 8.79. The Hall–Kier alpha value is -3.10. The summed E-state index contributed by atoms with van der Waals surface area (Å²) in [5.41, 5.74) is 3.29. The lowest BCUT2D eigenvalue weighted by atomic mass is 9.75. The van der Waals surface area contributed by atoms with E-state index < -0.39 is 42.0 Å². The van der Waals surface area contributed by atoms with Gasteiger partial charge in [0.1, 0.15) is 12.7 Å². The van der Waals surface area contributed by atoms with Crippen molar-refractivity contribution in [3.8, 4) is 0 Å². The molecule has 0 radical (unpaired) electrons. The van der Waals surface area contributed by atoms with E-state index in [1.807, 2.05) is 19.2 Å². The van der Waals surface area contributed by atoms with Gasteiger partial charge in [0.2, 0.25) is 5.54 Å². The summed E-state index contributed by atoms with van der Waals surface area (Å²) < 4.78 is 10.6. The highest BCUT2D eigenvalue weighted by Gasteiger charge is 2.50. The van der Waals surface area contributed by atoms with Crippen molar-refractivity contribution in [2.24, 2.45) is 23.5 Å². The number of primary amides is 1. The molecular formula is C23H32N2O7. The molecule has 0 bridgehead atoms. The zero-order valence-corrected chi connectivity index (χ0v) is 18.7. The smallest absolute Gasteiger partial charge is 0.408 e. The standard InChI is InChI=1S/C23H32N2O7/c1-14(2)17-10-9-15(3)11-18(17)32-19(26)12-23(20(24)27,21(28)29)25-22(30)31-13-16-7-5-4-6-8-16/h4-8,14-15,17-18H,9-13H2,1-3H3,(H2,24,27)(H,25,30)(H,28,29)/t15?,17?,18?,23-/m1/s1. The van der Waals surface area contributed by atoms with Gasteiger partial charge < -0.3 is 20.3 Å². The van der Waals surface area contributed by atoms with Crippen LogP contribution in [0.3, 0.4) is 0 Å². The Kier molecular flexibility index (Phi) is 8.63. The van der Waals surface area contributed by atoms with E-state index in [4.69, 9.17) is 15.2 Å². The van der Waals surface area contributed by atoms with Crippen molar-refractivity contribution in [2.45, 2.75) is 64.7 Å². The number of carbonyl (C=O) groups is 4. The zero-order valence-electron chi connectivity index (χ0n) is 18.7. The monoisotopic (exact) mass is 448 g/mol. The number of carboxylic acid groups (broad SMARTS) is 1. The molecule has 4 N–H and O–H groups in total. The highest BCUT2D eigenvalue weighted by Crippen LogP contribution is 2.35. The van der Waals surface area contributed by atoms with Gasteiger partial charge in [0, 0.05) is 0 Å². The normalized spacial score (nSPS) is 22.4. The van der Waals surface area contributed by atoms with Crippen molar-refractivity contribution >= 4 is 23.9 Å². The largest absolute Gasteiger partial charge is 0.479 e. The maximum atomic E-state index is 12.7. The van der Waals surface area contributed by atoms with Crippen molar-refractivity contribution in [3.63, 3.8) is 0 Å². The first-order valence-electron chi connectivity index (χ1n) is 10.8. The van der Waals surface area contributed by atoms with Crippen molar-refractivity contribution in [3.05, 3.63) is 35.9 Å². The molecule has 1 aromatic carbocycles. The van der Waals surface area contributed by atoms with Gasteiger partial charge in [-0.05, 0) is 36.2 Å². The molecule has 0 spiro atoms. The molecule has 2 rings (SSSR count).